The number of halogens is 1. The zero-order valence-corrected chi connectivity index (χ0v) is 11.3. The molecule has 86 valence electrons. The normalized spacial score (nSPS) is 13.4. The van der Waals surface area contributed by atoms with E-state index in [2.05, 4.69) is 32.2 Å². The van der Waals surface area contributed by atoms with Gasteiger partial charge in [-0.3, -0.25) is 0 Å². The molecule has 1 unspecified atom stereocenters. The third-order valence-electron chi connectivity index (χ3n) is 2.37. The first-order valence-electron chi connectivity index (χ1n) is 5.55. The van der Waals surface area contributed by atoms with E-state index in [0.717, 1.165) is 23.2 Å². The van der Waals surface area contributed by atoms with E-state index in [9.17, 15) is 0 Å². The third kappa shape index (κ3) is 5.55. The van der Waals surface area contributed by atoms with Crippen LogP contribution in [0.15, 0.2) is 12.1 Å². The van der Waals surface area contributed by atoms with Crippen LogP contribution in [0.4, 0.5) is 0 Å². The van der Waals surface area contributed by atoms with Crippen molar-refractivity contribution in [3.63, 3.8) is 0 Å². The topological polar surface area (TPSA) is 12.0 Å². The Morgan fingerprint density at radius 2 is 2.07 bits per heavy atom. The Bertz CT molecular complexity index is 283. The number of hydrogen-bond donors (Lipinski definition) is 1. The molecule has 1 nitrogen and oxygen atoms in total. The van der Waals surface area contributed by atoms with E-state index in [0.29, 0.717) is 6.04 Å². The molecule has 1 atom stereocenters. The van der Waals surface area contributed by atoms with Crippen molar-refractivity contribution >= 4 is 22.9 Å². The lowest BCUT2D eigenvalue weighted by atomic mass is 10.0. The predicted octanol–water partition coefficient (Wildman–Crippen LogP) is 3.97. The van der Waals surface area contributed by atoms with Gasteiger partial charge in [0.05, 0.1) is 4.34 Å². The number of nitrogens with one attached hydrogen (secondary N) is 1. The zero-order chi connectivity index (χ0) is 11.3. The van der Waals surface area contributed by atoms with Crippen molar-refractivity contribution in [2.75, 3.05) is 6.54 Å². The fourth-order valence-electron chi connectivity index (χ4n) is 1.53. The molecule has 0 fully saturated rings. The summed E-state index contributed by atoms with van der Waals surface area (Å²) in [6, 6.07) is 4.72. The van der Waals surface area contributed by atoms with Crippen molar-refractivity contribution in [3.8, 4) is 0 Å². The second-order valence-corrected chi connectivity index (χ2v) is 6.21. The fourth-order valence-corrected chi connectivity index (χ4v) is 2.78. The van der Waals surface area contributed by atoms with Crippen LogP contribution < -0.4 is 5.32 Å². The molecular weight excluding hydrogens is 226 g/mol. The van der Waals surface area contributed by atoms with Gasteiger partial charge in [0, 0.05) is 10.9 Å². The lowest BCUT2D eigenvalue weighted by Gasteiger charge is -2.12. The highest BCUT2D eigenvalue weighted by atomic mass is 35.5. The molecule has 1 aromatic heterocycles. The van der Waals surface area contributed by atoms with Gasteiger partial charge in [0.2, 0.25) is 0 Å². The van der Waals surface area contributed by atoms with Gasteiger partial charge in [-0.05, 0) is 37.4 Å². The average molecular weight is 246 g/mol. The Morgan fingerprint density at radius 3 is 2.60 bits per heavy atom. The van der Waals surface area contributed by atoms with Gasteiger partial charge in [-0.2, -0.15) is 0 Å². The van der Waals surface area contributed by atoms with E-state index in [1.54, 1.807) is 11.3 Å². The summed E-state index contributed by atoms with van der Waals surface area (Å²) in [5.41, 5.74) is 0. The minimum atomic E-state index is 0.591. The van der Waals surface area contributed by atoms with Gasteiger partial charge < -0.3 is 5.32 Å². The Balaban J connectivity index is 2.21. The summed E-state index contributed by atoms with van der Waals surface area (Å²) in [5, 5.41) is 3.44. The van der Waals surface area contributed by atoms with Crippen molar-refractivity contribution in [2.45, 2.75) is 39.7 Å². The largest absolute Gasteiger partial charge is 0.315 e. The second-order valence-electron chi connectivity index (χ2n) is 4.41. The van der Waals surface area contributed by atoms with Crippen molar-refractivity contribution in [1.82, 2.24) is 5.32 Å². The molecule has 1 heterocycles. The molecule has 1 rings (SSSR count). The molecule has 0 aliphatic rings. The van der Waals surface area contributed by atoms with E-state index >= 15 is 0 Å². The smallest absolute Gasteiger partial charge is 0.0931 e. The molecule has 0 amide bonds. The van der Waals surface area contributed by atoms with E-state index in [-0.39, 0.29) is 0 Å². The highest BCUT2D eigenvalue weighted by Gasteiger charge is 2.06. The minimum absolute atomic E-state index is 0.591. The van der Waals surface area contributed by atoms with Gasteiger partial charge >= 0.3 is 0 Å². The highest BCUT2D eigenvalue weighted by Crippen LogP contribution is 2.24. The molecule has 0 saturated carbocycles. The average Bonchev–Trinajstić information content (AvgIpc) is 2.50. The summed E-state index contributed by atoms with van der Waals surface area (Å²) in [7, 11) is 0. The van der Waals surface area contributed by atoms with Crippen molar-refractivity contribution < 1.29 is 0 Å². The molecular formula is C12H20ClNS. The molecule has 0 saturated heterocycles. The Morgan fingerprint density at radius 1 is 1.33 bits per heavy atom. The maximum atomic E-state index is 5.90. The molecule has 1 N–H and O–H groups in total. The predicted molar refractivity (Wildman–Crippen MR) is 70.0 cm³/mol. The highest BCUT2D eigenvalue weighted by molar-refractivity contribution is 7.16. The molecule has 0 aromatic carbocycles. The maximum Gasteiger partial charge on any atom is 0.0931 e. The number of hydrogen-bond acceptors (Lipinski definition) is 2. The Kier molecular flexibility index (Phi) is 5.65. The van der Waals surface area contributed by atoms with Crippen LogP contribution in [-0.4, -0.2) is 12.6 Å². The van der Waals surface area contributed by atoms with Gasteiger partial charge in [-0.1, -0.05) is 32.4 Å². The standard InChI is InChI=1S/C12H20ClNS/c1-9(2)14-7-6-10(3)8-11-4-5-12(13)15-11/h4-5,9-10,14H,6-8H2,1-3H3. The molecule has 0 radical (unpaired) electrons. The van der Waals surface area contributed by atoms with Crippen LogP contribution in [0.5, 0.6) is 0 Å². The van der Waals surface area contributed by atoms with Crippen LogP contribution in [0.2, 0.25) is 4.34 Å². The zero-order valence-electron chi connectivity index (χ0n) is 9.72. The SMILES string of the molecule is CC(CCNC(C)C)Cc1ccc(Cl)s1. The molecule has 0 aliphatic carbocycles. The van der Waals surface area contributed by atoms with Crippen LogP contribution in [0.25, 0.3) is 0 Å². The Labute approximate surface area is 102 Å². The Hall–Kier alpha value is -0.0500. The van der Waals surface area contributed by atoms with Gasteiger partial charge in [0.1, 0.15) is 0 Å². The van der Waals surface area contributed by atoms with Crippen molar-refractivity contribution in [1.29, 1.82) is 0 Å². The fraction of sp³-hybridized carbons (Fsp3) is 0.667. The molecule has 0 spiro atoms. The molecule has 15 heavy (non-hydrogen) atoms. The summed E-state index contributed by atoms with van der Waals surface area (Å²) in [4.78, 5) is 1.40. The van der Waals surface area contributed by atoms with Gasteiger partial charge in [-0.25, -0.2) is 0 Å². The first kappa shape index (κ1) is 13.0. The minimum Gasteiger partial charge on any atom is -0.315 e. The summed E-state index contributed by atoms with van der Waals surface area (Å²) in [6.45, 7) is 7.78. The molecule has 3 heteroatoms. The van der Waals surface area contributed by atoms with Crippen LogP contribution in [0, 0.1) is 5.92 Å². The molecule has 0 bridgehead atoms. The molecule has 0 aliphatic heterocycles. The lowest BCUT2D eigenvalue weighted by Crippen LogP contribution is -2.25. The van der Waals surface area contributed by atoms with Crippen molar-refractivity contribution in [3.05, 3.63) is 21.3 Å². The monoisotopic (exact) mass is 245 g/mol. The lowest BCUT2D eigenvalue weighted by molar-refractivity contribution is 0.478. The third-order valence-corrected chi connectivity index (χ3v) is 3.62. The van der Waals surface area contributed by atoms with Crippen molar-refractivity contribution in [2.24, 2.45) is 5.92 Å². The van der Waals surface area contributed by atoms with E-state index < -0.39 is 0 Å². The van der Waals surface area contributed by atoms with Crippen LogP contribution in [0.3, 0.4) is 0 Å². The summed E-state index contributed by atoms with van der Waals surface area (Å²) in [5.74, 6) is 0.728. The van der Waals surface area contributed by atoms with Crippen LogP contribution >= 0.6 is 22.9 Å². The quantitative estimate of drug-likeness (QED) is 0.800. The summed E-state index contributed by atoms with van der Waals surface area (Å²) >= 11 is 7.60. The second kappa shape index (κ2) is 6.51. The van der Waals surface area contributed by atoms with E-state index in [1.807, 2.05) is 6.07 Å². The van der Waals surface area contributed by atoms with Crippen LogP contribution in [-0.2, 0) is 6.42 Å². The first-order chi connectivity index (χ1) is 7.08. The summed E-state index contributed by atoms with van der Waals surface area (Å²) < 4.78 is 0.900. The maximum absolute atomic E-state index is 5.90. The van der Waals surface area contributed by atoms with Gasteiger partial charge in [0.15, 0.2) is 0 Å². The number of thiophene rings is 1. The van der Waals surface area contributed by atoms with Crippen LogP contribution in [0.1, 0.15) is 32.1 Å². The van der Waals surface area contributed by atoms with E-state index in [1.165, 1.54) is 11.3 Å². The molecule has 1 aromatic rings. The first-order valence-corrected chi connectivity index (χ1v) is 6.75. The summed E-state index contributed by atoms with van der Waals surface area (Å²) in [6.07, 6.45) is 2.38. The van der Waals surface area contributed by atoms with E-state index in [4.69, 9.17) is 11.6 Å². The van der Waals surface area contributed by atoms with Gasteiger partial charge in [0.25, 0.3) is 0 Å². The van der Waals surface area contributed by atoms with Gasteiger partial charge in [-0.15, -0.1) is 11.3 Å². The number of rotatable bonds is 6.